The van der Waals surface area contributed by atoms with Gasteiger partial charge in [0, 0.05) is 18.2 Å². The van der Waals surface area contributed by atoms with E-state index in [0.29, 0.717) is 36.5 Å². The second-order valence-electron chi connectivity index (χ2n) is 7.59. The number of methoxy groups -OCH3 is 1. The highest BCUT2D eigenvalue weighted by Crippen LogP contribution is 2.29. The number of aromatic hydroxyl groups is 1. The van der Waals surface area contributed by atoms with Crippen LogP contribution in [0.2, 0.25) is 0 Å². The predicted octanol–water partition coefficient (Wildman–Crippen LogP) is 2.35. The molecule has 2 heterocycles. The van der Waals surface area contributed by atoms with Gasteiger partial charge in [0.05, 0.1) is 23.9 Å². The van der Waals surface area contributed by atoms with Crippen LogP contribution in [0.3, 0.4) is 0 Å². The van der Waals surface area contributed by atoms with Crippen LogP contribution >= 0.6 is 12.2 Å². The first-order chi connectivity index (χ1) is 16.4. The summed E-state index contributed by atoms with van der Waals surface area (Å²) in [6.07, 6.45) is 2.47. The highest BCUT2D eigenvalue weighted by molar-refractivity contribution is 7.71. The highest BCUT2D eigenvalue weighted by atomic mass is 32.1. The molecular formula is C25H24N4O4S. The van der Waals surface area contributed by atoms with Crippen LogP contribution in [0.5, 0.6) is 11.6 Å². The van der Waals surface area contributed by atoms with Crippen LogP contribution in [0.4, 0.5) is 0 Å². The summed E-state index contributed by atoms with van der Waals surface area (Å²) in [5.74, 6) is 0.120. The van der Waals surface area contributed by atoms with E-state index in [0.717, 1.165) is 16.1 Å². The van der Waals surface area contributed by atoms with Gasteiger partial charge in [-0.25, -0.2) is 4.99 Å². The Morgan fingerprint density at radius 2 is 1.97 bits per heavy atom. The molecule has 1 aromatic heterocycles. The van der Waals surface area contributed by atoms with Gasteiger partial charge in [-0.1, -0.05) is 37.3 Å². The summed E-state index contributed by atoms with van der Waals surface area (Å²) in [6, 6.07) is 14.7. The molecule has 3 aromatic rings. The normalized spacial score (nSPS) is 13.5. The number of nitrogens with one attached hydrogen (secondary N) is 2. The largest absolute Gasteiger partial charge is 0.495 e. The number of benzene rings is 2. The first kappa shape index (κ1) is 23.2. The Labute approximate surface area is 200 Å². The van der Waals surface area contributed by atoms with Gasteiger partial charge in [0.1, 0.15) is 11.3 Å². The maximum Gasteiger partial charge on any atom is 0.262 e. The molecule has 0 saturated carbocycles. The number of allylic oxidation sites excluding steroid dienone is 1. The minimum absolute atomic E-state index is 0.0150. The van der Waals surface area contributed by atoms with E-state index in [2.05, 4.69) is 15.3 Å². The fourth-order valence-electron chi connectivity index (χ4n) is 3.84. The Morgan fingerprint density at radius 1 is 1.24 bits per heavy atom. The van der Waals surface area contributed by atoms with Crippen molar-refractivity contribution in [3.63, 3.8) is 0 Å². The van der Waals surface area contributed by atoms with Gasteiger partial charge < -0.3 is 15.2 Å². The number of para-hydroxylation sites is 3. The third-order valence-corrected chi connectivity index (χ3v) is 5.81. The Morgan fingerprint density at radius 3 is 2.74 bits per heavy atom. The van der Waals surface area contributed by atoms with Gasteiger partial charge in [0.2, 0.25) is 11.8 Å². The van der Waals surface area contributed by atoms with E-state index >= 15 is 0 Å². The Kier molecular flexibility index (Phi) is 6.74. The van der Waals surface area contributed by atoms with Gasteiger partial charge in [-0.2, -0.15) is 0 Å². The maximum atomic E-state index is 12.8. The second-order valence-corrected chi connectivity index (χ2v) is 7.98. The number of aromatic nitrogens is 2. The number of amides is 1. The van der Waals surface area contributed by atoms with E-state index in [1.54, 1.807) is 37.3 Å². The number of aromatic amines is 1. The number of ether oxygens (including phenoxy) is 1. The van der Waals surface area contributed by atoms with Crippen molar-refractivity contribution in [1.29, 1.82) is 0 Å². The zero-order valence-electron chi connectivity index (χ0n) is 18.8. The second kappa shape index (κ2) is 9.88. The molecule has 0 atom stereocenters. The molecule has 0 radical (unpaired) electrons. The quantitative estimate of drug-likeness (QED) is 0.454. The number of hydrogen-bond donors (Lipinski definition) is 3. The summed E-state index contributed by atoms with van der Waals surface area (Å²) in [5.41, 5.74) is 1.38. The third-order valence-electron chi connectivity index (χ3n) is 5.53. The minimum Gasteiger partial charge on any atom is -0.495 e. The molecule has 3 N–H and O–H groups in total. The summed E-state index contributed by atoms with van der Waals surface area (Å²) in [4.78, 5) is 31.8. The van der Waals surface area contributed by atoms with Crippen molar-refractivity contribution in [3.05, 3.63) is 85.5 Å². The zero-order chi connectivity index (χ0) is 24.2. The standard InChI is InChI=1S/C25H24N4O4S/c1-3-22(30)26-13-12-16-15-8-4-5-9-18(15)27-19(16)14-17-23(31)28-25(34)29(24(17)32)20-10-6-7-11-21(20)33-2/h4-11,14,32H,3,12-13H2,1-2H3,(H,26,30)(H,28,31,34). The molecule has 34 heavy (non-hydrogen) atoms. The number of rotatable bonds is 7. The molecule has 0 bridgehead atoms. The SMILES string of the molecule is CCC(=O)NCCC1=c2ccccc2=NC1=Cc1c(O)n(-c2ccccc2OC)c(=S)[nH]c1=O. The monoisotopic (exact) mass is 476 g/mol. The van der Waals surface area contributed by atoms with E-state index in [1.165, 1.54) is 11.7 Å². The molecule has 1 aliphatic heterocycles. The number of fused-ring (bicyclic) bond motifs is 1. The predicted molar refractivity (Wildman–Crippen MR) is 132 cm³/mol. The van der Waals surface area contributed by atoms with E-state index in [1.807, 2.05) is 24.3 Å². The summed E-state index contributed by atoms with van der Waals surface area (Å²) in [5, 5.41) is 15.7. The van der Waals surface area contributed by atoms with Crippen molar-refractivity contribution in [2.24, 2.45) is 4.99 Å². The van der Waals surface area contributed by atoms with Crippen molar-refractivity contribution in [1.82, 2.24) is 14.9 Å². The number of carbonyl (C=O) groups is 1. The first-order valence-corrected chi connectivity index (χ1v) is 11.2. The summed E-state index contributed by atoms with van der Waals surface area (Å²) < 4.78 is 6.79. The summed E-state index contributed by atoms with van der Waals surface area (Å²) in [6.45, 7) is 2.22. The van der Waals surface area contributed by atoms with Crippen LogP contribution in [0.1, 0.15) is 25.3 Å². The average molecular weight is 477 g/mol. The van der Waals surface area contributed by atoms with E-state index in [-0.39, 0.29) is 22.1 Å². The van der Waals surface area contributed by atoms with Gasteiger partial charge in [-0.15, -0.1) is 0 Å². The van der Waals surface area contributed by atoms with Crippen LogP contribution < -0.4 is 26.2 Å². The number of hydrogen-bond acceptors (Lipinski definition) is 6. The molecule has 8 nitrogen and oxygen atoms in total. The molecule has 0 aliphatic carbocycles. The fraction of sp³-hybridized carbons (Fsp3) is 0.200. The molecule has 0 spiro atoms. The Balaban J connectivity index is 1.85. The molecule has 1 amide bonds. The molecule has 0 saturated heterocycles. The molecular weight excluding hydrogens is 452 g/mol. The molecule has 174 valence electrons. The number of H-pyrrole nitrogens is 1. The molecule has 4 rings (SSSR count). The van der Waals surface area contributed by atoms with Crippen molar-refractivity contribution < 1.29 is 14.6 Å². The minimum atomic E-state index is -0.536. The van der Waals surface area contributed by atoms with Crippen LogP contribution in [0.25, 0.3) is 17.3 Å². The Bertz CT molecular complexity index is 1540. The van der Waals surface area contributed by atoms with Crippen LogP contribution in [-0.2, 0) is 4.79 Å². The smallest absolute Gasteiger partial charge is 0.262 e. The van der Waals surface area contributed by atoms with Crippen LogP contribution in [0, 0.1) is 4.77 Å². The highest BCUT2D eigenvalue weighted by Gasteiger charge is 2.19. The first-order valence-electron chi connectivity index (χ1n) is 10.8. The van der Waals surface area contributed by atoms with Gasteiger partial charge in [-0.05, 0) is 48.5 Å². The lowest BCUT2D eigenvalue weighted by molar-refractivity contribution is -0.120. The summed E-state index contributed by atoms with van der Waals surface area (Å²) in [7, 11) is 1.52. The molecule has 2 aromatic carbocycles. The fourth-order valence-corrected chi connectivity index (χ4v) is 4.12. The van der Waals surface area contributed by atoms with Gasteiger partial charge >= 0.3 is 0 Å². The Hall–Kier alpha value is -3.98. The van der Waals surface area contributed by atoms with Gasteiger partial charge in [0.15, 0.2) is 4.77 Å². The molecule has 0 fully saturated rings. The van der Waals surface area contributed by atoms with Crippen molar-refractivity contribution in [3.8, 4) is 17.3 Å². The maximum absolute atomic E-state index is 12.8. The van der Waals surface area contributed by atoms with Gasteiger partial charge in [0.25, 0.3) is 5.56 Å². The van der Waals surface area contributed by atoms with Crippen molar-refractivity contribution in [2.75, 3.05) is 13.7 Å². The summed E-state index contributed by atoms with van der Waals surface area (Å²) >= 11 is 5.33. The van der Waals surface area contributed by atoms with Crippen molar-refractivity contribution >= 4 is 29.8 Å². The lowest BCUT2D eigenvalue weighted by Crippen LogP contribution is -2.26. The van der Waals surface area contributed by atoms with E-state index in [9.17, 15) is 14.7 Å². The molecule has 0 unspecified atom stereocenters. The van der Waals surface area contributed by atoms with Crippen molar-refractivity contribution in [2.45, 2.75) is 19.8 Å². The van der Waals surface area contributed by atoms with Crippen LogP contribution in [0.15, 0.2) is 64.0 Å². The lowest BCUT2D eigenvalue weighted by Gasteiger charge is -2.14. The number of nitrogens with zero attached hydrogens (tertiary/aromatic N) is 2. The van der Waals surface area contributed by atoms with Gasteiger partial charge in [-0.3, -0.25) is 19.1 Å². The topological polar surface area (TPSA) is 109 Å². The number of carbonyl (C=O) groups excluding carboxylic acids is 1. The lowest BCUT2D eigenvalue weighted by atomic mass is 10.1. The molecule has 1 aliphatic rings. The third kappa shape index (κ3) is 4.42. The molecule has 9 heteroatoms. The van der Waals surface area contributed by atoms with E-state index in [4.69, 9.17) is 17.0 Å². The zero-order valence-corrected chi connectivity index (χ0v) is 19.6. The van der Waals surface area contributed by atoms with E-state index < -0.39 is 5.56 Å². The van der Waals surface area contributed by atoms with Crippen LogP contribution in [-0.4, -0.2) is 34.2 Å². The average Bonchev–Trinajstić information content (AvgIpc) is 3.19.